The minimum absolute atomic E-state index is 0.658. The fourth-order valence-electron chi connectivity index (χ4n) is 2.20. The molecule has 1 fully saturated rings. The molecule has 17 heavy (non-hydrogen) atoms. The molecule has 1 atom stereocenters. The van der Waals surface area contributed by atoms with Crippen LogP contribution in [0.2, 0.25) is 0 Å². The van der Waals surface area contributed by atoms with Crippen LogP contribution in [0, 0.1) is 5.92 Å². The molecule has 3 nitrogen and oxygen atoms in total. The van der Waals surface area contributed by atoms with E-state index in [0.29, 0.717) is 5.96 Å². The molecule has 1 saturated heterocycles. The van der Waals surface area contributed by atoms with Gasteiger partial charge in [-0.25, -0.2) is 4.99 Å². The summed E-state index contributed by atoms with van der Waals surface area (Å²) in [5.41, 5.74) is 7.00. The molecule has 0 radical (unpaired) electrons. The molecular weight excluding hydrogens is 210 g/mol. The monoisotopic (exact) mass is 231 g/mol. The summed E-state index contributed by atoms with van der Waals surface area (Å²) in [6, 6.07) is 9.91. The fraction of sp³-hybridized carbons (Fsp3) is 0.500. The Balaban J connectivity index is 2.04. The normalized spacial score (nSPS) is 22.3. The largest absolute Gasteiger partial charge is 0.369 e. The van der Waals surface area contributed by atoms with Crippen molar-refractivity contribution < 1.29 is 0 Å². The molecule has 0 aromatic heterocycles. The molecule has 3 heteroatoms. The SMILES string of the molecule is CC1CCCN(C(N)=Nc2ccccc2)CC1. The van der Waals surface area contributed by atoms with Gasteiger partial charge in [0.25, 0.3) is 0 Å². The van der Waals surface area contributed by atoms with Gasteiger partial charge in [-0.3, -0.25) is 0 Å². The van der Waals surface area contributed by atoms with Gasteiger partial charge in [-0.05, 0) is 37.3 Å². The number of rotatable bonds is 1. The Bertz CT molecular complexity index is 372. The second-order valence-corrected chi connectivity index (χ2v) is 4.83. The molecule has 0 spiro atoms. The fourth-order valence-corrected chi connectivity index (χ4v) is 2.20. The van der Waals surface area contributed by atoms with Gasteiger partial charge >= 0.3 is 0 Å². The molecule has 0 saturated carbocycles. The molecule has 1 aromatic carbocycles. The van der Waals surface area contributed by atoms with Gasteiger partial charge in [0.2, 0.25) is 0 Å². The highest BCUT2D eigenvalue weighted by Gasteiger charge is 2.14. The zero-order valence-corrected chi connectivity index (χ0v) is 10.5. The number of benzene rings is 1. The average molecular weight is 231 g/mol. The van der Waals surface area contributed by atoms with Crippen molar-refractivity contribution in [3.8, 4) is 0 Å². The van der Waals surface area contributed by atoms with Crippen LogP contribution in [0.1, 0.15) is 26.2 Å². The minimum atomic E-state index is 0.658. The number of guanidine groups is 1. The molecule has 1 aromatic rings. The van der Waals surface area contributed by atoms with Crippen molar-refractivity contribution in [3.63, 3.8) is 0 Å². The molecular formula is C14H21N3. The van der Waals surface area contributed by atoms with Gasteiger partial charge in [-0.15, -0.1) is 0 Å². The van der Waals surface area contributed by atoms with E-state index in [9.17, 15) is 0 Å². The minimum Gasteiger partial charge on any atom is -0.369 e. The summed E-state index contributed by atoms with van der Waals surface area (Å²) in [6.07, 6.45) is 3.73. The summed E-state index contributed by atoms with van der Waals surface area (Å²) in [7, 11) is 0. The molecule has 92 valence electrons. The van der Waals surface area contributed by atoms with E-state index in [2.05, 4.69) is 16.8 Å². The molecule has 2 N–H and O–H groups in total. The van der Waals surface area contributed by atoms with E-state index in [4.69, 9.17) is 5.73 Å². The summed E-state index contributed by atoms with van der Waals surface area (Å²) in [6.45, 7) is 4.38. The lowest BCUT2D eigenvalue weighted by molar-refractivity contribution is 0.421. The van der Waals surface area contributed by atoms with Crippen molar-refractivity contribution in [2.24, 2.45) is 16.6 Å². The molecule has 2 rings (SSSR count). The summed E-state index contributed by atoms with van der Waals surface area (Å²) >= 11 is 0. The van der Waals surface area contributed by atoms with Crippen LogP contribution in [-0.2, 0) is 0 Å². The van der Waals surface area contributed by atoms with Crippen LogP contribution in [0.3, 0.4) is 0 Å². The van der Waals surface area contributed by atoms with E-state index in [1.165, 1.54) is 19.3 Å². The van der Waals surface area contributed by atoms with Crippen LogP contribution in [0.4, 0.5) is 5.69 Å². The molecule has 1 heterocycles. The van der Waals surface area contributed by atoms with Gasteiger partial charge in [0.05, 0.1) is 5.69 Å². The second kappa shape index (κ2) is 5.71. The summed E-state index contributed by atoms with van der Waals surface area (Å²) in [5.74, 6) is 1.47. The van der Waals surface area contributed by atoms with Crippen LogP contribution in [0.25, 0.3) is 0 Å². The number of nitrogens with two attached hydrogens (primary N) is 1. The number of hydrogen-bond donors (Lipinski definition) is 1. The Morgan fingerprint density at radius 1 is 1.24 bits per heavy atom. The van der Waals surface area contributed by atoms with Gasteiger partial charge in [0.15, 0.2) is 5.96 Å². The lowest BCUT2D eigenvalue weighted by atomic mass is 10.0. The molecule has 1 unspecified atom stereocenters. The molecule has 0 bridgehead atoms. The van der Waals surface area contributed by atoms with Gasteiger partial charge in [-0.1, -0.05) is 25.1 Å². The van der Waals surface area contributed by atoms with Gasteiger partial charge in [-0.2, -0.15) is 0 Å². The highest BCUT2D eigenvalue weighted by Crippen LogP contribution is 2.17. The summed E-state index contributed by atoms with van der Waals surface area (Å²) < 4.78 is 0. The Morgan fingerprint density at radius 2 is 2.00 bits per heavy atom. The zero-order chi connectivity index (χ0) is 12.1. The second-order valence-electron chi connectivity index (χ2n) is 4.83. The van der Waals surface area contributed by atoms with Gasteiger partial charge in [0, 0.05) is 13.1 Å². The maximum absolute atomic E-state index is 6.07. The van der Waals surface area contributed by atoms with E-state index in [1.807, 2.05) is 30.3 Å². The molecule has 1 aliphatic rings. The van der Waals surface area contributed by atoms with Crippen LogP contribution in [-0.4, -0.2) is 23.9 Å². The van der Waals surface area contributed by atoms with E-state index < -0.39 is 0 Å². The Hall–Kier alpha value is -1.51. The Kier molecular flexibility index (Phi) is 4.02. The Morgan fingerprint density at radius 3 is 2.76 bits per heavy atom. The molecule has 1 aliphatic heterocycles. The third-order valence-electron chi connectivity index (χ3n) is 3.34. The molecule has 0 amide bonds. The first-order valence-electron chi connectivity index (χ1n) is 6.40. The van der Waals surface area contributed by atoms with Crippen molar-refractivity contribution in [2.75, 3.05) is 13.1 Å². The molecule has 0 aliphatic carbocycles. The lowest BCUT2D eigenvalue weighted by Gasteiger charge is -2.21. The number of nitrogens with zero attached hydrogens (tertiary/aromatic N) is 2. The highest BCUT2D eigenvalue weighted by molar-refractivity contribution is 5.81. The van der Waals surface area contributed by atoms with Crippen molar-refractivity contribution in [2.45, 2.75) is 26.2 Å². The Labute approximate surface area is 103 Å². The maximum atomic E-state index is 6.07. The lowest BCUT2D eigenvalue weighted by Crippen LogP contribution is -2.37. The number of aliphatic imine (C=N–C) groups is 1. The van der Waals surface area contributed by atoms with Crippen LogP contribution in [0.15, 0.2) is 35.3 Å². The smallest absolute Gasteiger partial charge is 0.196 e. The topological polar surface area (TPSA) is 41.6 Å². The predicted octanol–water partition coefficient (Wildman–Crippen LogP) is 2.75. The zero-order valence-electron chi connectivity index (χ0n) is 10.5. The number of para-hydroxylation sites is 1. The third kappa shape index (κ3) is 3.48. The highest BCUT2D eigenvalue weighted by atomic mass is 15.2. The number of hydrogen-bond acceptors (Lipinski definition) is 1. The van der Waals surface area contributed by atoms with E-state index >= 15 is 0 Å². The predicted molar refractivity (Wildman–Crippen MR) is 72.3 cm³/mol. The van der Waals surface area contributed by atoms with Crippen molar-refractivity contribution >= 4 is 11.6 Å². The quantitative estimate of drug-likeness (QED) is 0.596. The van der Waals surface area contributed by atoms with Gasteiger partial charge < -0.3 is 10.6 Å². The van der Waals surface area contributed by atoms with Crippen LogP contribution in [0.5, 0.6) is 0 Å². The third-order valence-corrected chi connectivity index (χ3v) is 3.34. The first-order valence-corrected chi connectivity index (χ1v) is 6.40. The van der Waals surface area contributed by atoms with Crippen LogP contribution >= 0.6 is 0 Å². The van der Waals surface area contributed by atoms with Gasteiger partial charge in [0.1, 0.15) is 0 Å². The maximum Gasteiger partial charge on any atom is 0.196 e. The van der Waals surface area contributed by atoms with Crippen LogP contribution < -0.4 is 5.73 Å². The number of likely N-dealkylation sites (tertiary alicyclic amines) is 1. The van der Waals surface area contributed by atoms with E-state index in [-0.39, 0.29) is 0 Å². The standard InChI is InChI=1S/C14H21N3/c1-12-6-5-10-17(11-9-12)14(15)16-13-7-3-2-4-8-13/h2-4,7-8,12H,5-6,9-11H2,1H3,(H2,15,16). The van der Waals surface area contributed by atoms with Crippen molar-refractivity contribution in [3.05, 3.63) is 30.3 Å². The first kappa shape index (κ1) is 12.0. The first-order chi connectivity index (χ1) is 8.25. The summed E-state index contributed by atoms with van der Waals surface area (Å²) in [5, 5.41) is 0. The average Bonchev–Trinajstić information content (AvgIpc) is 2.55. The summed E-state index contributed by atoms with van der Waals surface area (Å²) in [4.78, 5) is 6.67. The van der Waals surface area contributed by atoms with Crippen molar-refractivity contribution in [1.29, 1.82) is 0 Å². The van der Waals surface area contributed by atoms with E-state index in [0.717, 1.165) is 24.7 Å². The van der Waals surface area contributed by atoms with E-state index in [1.54, 1.807) is 0 Å². The van der Waals surface area contributed by atoms with Crippen molar-refractivity contribution in [1.82, 2.24) is 4.90 Å².